The van der Waals surface area contributed by atoms with Crippen LogP contribution in [-0.4, -0.2) is 42.7 Å². The molecule has 0 saturated carbocycles. The third-order valence-corrected chi connectivity index (χ3v) is 7.29. The molecule has 0 saturated heterocycles. The zero-order chi connectivity index (χ0) is 24.1. The summed E-state index contributed by atoms with van der Waals surface area (Å²) in [5.41, 5.74) is 3.33. The van der Waals surface area contributed by atoms with Crippen LogP contribution in [0, 0.1) is 0 Å². The second kappa shape index (κ2) is 8.64. The van der Waals surface area contributed by atoms with Crippen molar-refractivity contribution in [2.75, 3.05) is 13.7 Å². The molecule has 11 heteroatoms. The van der Waals surface area contributed by atoms with Gasteiger partial charge in [-0.15, -0.1) is 0 Å². The highest BCUT2D eigenvalue weighted by Gasteiger charge is 2.34. The number of sulfonamides is 1. The molecule has 1 aliphatic heterocycles. The molecule has 0 bridgehead atoms. The zero-order valence-electron chi connectivity index (χ0n) is 18.2. The number of primary sulfonamides is 1. The van der Waals surface area contributed by atoms with E-state index in [1.807, 2.05) is 6.92 Å². The van der Waals surface area contributed by atoms with Gasteiger partial charge < -0.3 is 9.64 Å². The predicted octanol–water partition coefficient (Wildman–Crippen LogP) is 3.81. The molecular formula is C22H22Cl2N4O4S. The van der Waals surface area contributed by atoms with Crippen LogP contribution in [0.25, 0.3) is 11.3 Å². The molecule has 1 aromatic heterocycles. The van der Waals surface area contributed by atoms with E-state index >= 15 is 0 Å². The highest BCUT2D eigenvalue weighted by molar-refractivity contribution is 7.89. The number of halogens is 2. The summed E-state index contributed by atoms with van der Waals surface area (Å²) in [5, 5.41) is 10.5. The van der Waals surface area contributed by atoms with E-state index in [9.17, 15) is 13.2 Å². The lowest BCUT2D eigenvalue weighted by molar-refractivity contribution is 0.0673. The summed E-state index contributed by atoms with van der Waals surface area (Å²) in [6.45, 7) is 2.33. The van der Waals surface area contributed by atoms with Crippen LogP contribution in [0.1, 0.15) is 34.6 Å². The van der Waals surface area contributed by atoms with Crippen molar-refractivity contribution < 1.29 is 17.9 Å². The quantitative estimate of drug-likeness (QED) is 0.576. The molecule has 33 heavy (non-hydrogen) atoms. The molecule has 1 amide bonds. The van der Waals surface area contributed by atoms with Crippen molar-refractivity contribution in [2.45, 2.75) is 24.3 Å². The Bertz CT molecular complexity index is 1370. The van der Waals surface area contributed by atoms with Gasteiger partial charge in [0.1, 0.15) is 5.75 Å². The van der Waals surface area contributed by atoms with E-state index in [0.717, 1.165) is 17.0 Å². The number of aromatic nitrogens is 2. The summed E-state index contributed by atoms with van der Waals surface area (Å²) in [6.07, 6.45) is 0.521. The molecule has 3 aromatic rings. The number of fused-ring (bicyclic) bond motifs is 1. The third-order valence-electron chi connectivity index (χ3n) is 5.79. The highest BCUT2D eigenvalue weighted by Crippen LogP contribution is 2.38. The average Bonchev–Trinajstić information content (AvgIpc) is 3.09. The van der Waals surface area contributed by atoms with E-state index in [-0.39, 0.29) is 26.9 Å². The Morgan fingerprint density at radius 2 is 1.97 bits per heavy atom. The van der Waals surface area contributed by atoms with Crippen LogP contribution in [-0.2, 0) is 23.5 Å². The van der Waals surface area contributed by atoms with Crippen LogP contribution in [0.15, 0.2) is 41.3 Å². The standard InChI is InChI=1S/C22H22Cl2N4O4S/c1-12-20-17(7-8-28(12)22(29)16-5-4-6-18(32-3)19(16)24)21(27(2)26-20)13-9-14(23)11-15(10-13)33(25,30)31/h4-6,9-12H,7-8H2,1-3H3,(H2,25,30,31)/t12-/m0/s1. The number of ether oxygens (including phenoxy) is 1. The van der Waals surface area contributed by atoms with Gasteiger partial charge in [0.05, 0.1) is 40.0 Å². The number of rotatable bonds is 4. The second-order valence-corrected chi connectivity index (χ2v) is 10.2. The molecule has 2 aromatic carbocycles. The second-order valence-electron chi connectivity index (χ2n) is 7.80. The topological polar surface area (TPSA) is 108 Å². The minimum Gasteiger partial charge on any atom is -0.495 e. The van der Waals surface area contributed by atoms with Gasteiger partial charge in [-0.05, 0) is 43.7 Å². The van der Waals surface area contributed by atoms with Crippen molar-refractivity contribution in [3.8, 4) is 17.0 Å². The Hall–Kier alpha value is -2.59. The lowest BCUT2D eigenvalue weighted by atomic mass is 9.95. The first kappa shape index (κ1) is 23.6. The Morgan fingerprint density at radius 3 is 2.64 bits per heavy atom. The van der Waals surface area contributed by atoms with Gasteiger partial charge in [0.2, 0.25) is 10.0 Å². The van der Waals surface area contributed by atoms with Crippen LogP contribution in [0.3, 0.4) is 0 Å². The molecule has 0 aliphatic carbocycles. The number of amides is 1. The van der Waals surface area contributed by atoms with Gasteiger partial charge >= 0.3 is 0 Å². The number of benzene rings is 2. The Balaban J connectivity index is 1.74. The molecule has 174 valence electrons. The Morgan fingerprint density at radius 1 is 1.24 bits per heavy atom. The van der Waals surface area contributed by atoms with Crippen molar-refractivity contribution in [1.29, 1.82) is 0 Å². The normalized spacial score (nSPS) is 15.9. The fraction of sp³-hybridized carbons (Fsp3) is 0.273. The smallest absolute Gasteiger partial charge is 0.256 e. The fourth-order valence-electron chi connectivity index (χ4n) is 4.23. The molecule has 2 heterocycles. The monoisotopic (exact) mass is 508 g/mol. The zero-order valence-corrected chi connectivity index (χ0v) is 20.5. The number of carbonyl (C=O) groups is 1. The Kier molecular flexibility index (Phi) is 6.17. The van der Waals surface area contributed by atoms with E-state index in [4.69, 9.17) is 33.1 Å². The maximum absolute atomic E-state index is 13.3. The molecule has 0 fully saturated rings. The maximum atomic E-state index is 13.3. The number of aryl methyl sites for hydroxylation is 1. The number of hydrogen-bond donors (Lipinski definition) is 1. The third kappa shape index (κ3) is 4.21. The molecule has 2 N–H and O–H groups in total. The molecule has 0 unspecified atom stereocenters. The molecule has 1 aliphatic rings. The van der Waals surface area contributed by atoms with Crippen LogP contribution < -0.4 is 9.88 Å². The van der Waals surface area contributed by atoms with Crippen LogP contribution in [0.5, 0.6) is 5.75 Å². The van der Waals surface area contributed by atoms with Crippen molar-refractivity contribution >= 4 is 39.1 Å². The summed E-state index contributed by atoms with van der Waals surface area (Å²) in [6, 6.07) is 9.22. The van der Waals surface area contributed by atoms with Crippen molar-refractivity contribution in [2.24, 2.45) is 12.2 Å². The van der Waals surface area contributed by atoms with Gasteiger partial charge in [0.15, 0.2) is 0 Å². The first-order valence-electron chi connectivity index (χ1n) is 10.1. The predicted molar refractivity (Wildman–Crippen MR) is 126 cm³/mol. The molecule has 4 rings (SSSR count). The van der Waals surface area contributed by atoms with Gasteiger partial charge in [-0.3, -0.25) is 9.48 Å². The van der Waals surface area contributed by atoms with Crippen molar-refractivity contribution in [1.82, 2.24) is 14.7 Å². The van der Waals surface area contributed by atoms with E-state index in [1.165, 1.54) is 19.2 Å². The van der Waals surface area contributed by atoms with Crippen LogP contribution in [0.2, 0.25) is 10.0 Å². The molecule has 1 atom stereocenters. The first-order chi connectivity index (χ1) is 15.5. The number of hydrogen-bond acceptors (Lipinski definition) is 5. The summed E-state index contributed by atoms with van der Waals surface area (Å²) in [7, 11) is -0.669. The van der Waals surface area contributed by atoms with Crippen LogP contribution in [0.4, 0.5) is 0 Å². The summed E-state index contributed by atoms with van der Waals surface area (Å²) < 4.78 is 30.7. The SMILES string of the molecule is COc1cccc(C(=O)N2CCc3c(nn(C)c3-c3cc(Cl)cc(S(N)(=O)=O)c3)[C@@H]2C)c1Cl. The fourth-order valence-corrected chi connectivity index (χ4v) is 5.40. The van der Waals surface area contributed by atoms with E-state index < -0.39 is 10.0 Å². The van der Waals surface area contributed by atoms with Crippen molar-refractivity contribution in [3.05, 3.63) is 63.3 Å². The van der Waals surface area contributed by atoms with Gasteiger partial charge in [-0.2, -0.15) is 5.10 Å². The van der Waals surface area contributed by atoms with E-state index in [2.05, 4.69) is 5.10 Å². The Labute approximate surface area is 201 Å². The lowest BCUT2D eigenvalue weighted by Crippen LogP contribution is -2.39. The average molecular weight is 509 g/mol. The summed E-state index contributed by atoms with van der Waals surface area (Å²) in [5.74, 6) is 0.211. The number of nitrogens with two attached hydrogens (primary N) is 1. The molecule has 8 nitrogen and oxygen atoms in total. The number of carbonyl (C=O) groups excluding carboxylic acids is 1. The van der Waals surface area contributed by atoms with Crippen LogP contribution >= 0.6 is 23.2 Å². The van der Waals surface area contributed by atoms with E-state index in [1.54, 1.807) is 40.9 Å². The van der Waals surface area contributed by atoms with Gasteiger partial charge in [-0.1, -0.05) is 29.3 Å². The molecular weight excluding hydrogens is 487 g/mol. The highest BCUT2D eigenvalue weighted by atomic mass is 35.5. The molecule has 0 spiro atoms. The summed E-state index contributed by atoms with van der Waals surface area (Å²) in [4.78, 5) is 15.0. The molecule has 0 radical (unpaired) electrons. The lowest BCUT2D eigenvalue weighted by Gasteiger charge is -2.33. The minimum atomic E-state index is -3.93. The largest absolute Gasteiger partial charge is 0.495 e. The minimum absolute atomic E-state index is 0.0757. The maximum Gasteiger partial charge on any atom is 0.256 e. The summed E-state index contributed by atoms with van der Waals surface area (Å²) >= 11 is 12.6. The first-order valence-corrected chi connectivity index (χ1v) is 12.4. The number of methoxy groups -OCH3 is 1. The van der Waals surface area contributed by atoms with Gasteiger partial charge in [0.25, 0.3) is 5.91 Å². The number of nitrogens with zero attached hydrogens (tertiary/aromatic N) is 3. The van der Waals surface area contributed by atoms with Gasteiger partial charge in [-0.25, -0.2) is 13.6 Å². The van der Waals surface area contributed by atoms with E-state index in [0.29, 0.717) is 29.8 Å². The van der Waals surface area contributed by atoms with Gasteiger partial charge in [0, 0.05) is 29.7 Å². The van der Waals surface area contributed by atoms with Crippen molar-refractivity contribution in [3.63, 3.8) is 0 Å².